The van der Waals surface area contributed by atoms with Crippen LogP contribution in [0.4, 0.5) is 11.9 Å². The molecule has 0 radical (unpaired) electrons. The Labute approximate surface area is 106 Å². The maximum Gasteiger partial charge on any atom is 0.228 e. The molecular formula is C10H18ClN5O. The first-order chi connectivity index (χ1) is 8.26. The molecular weight excluding hydrogens is 242 g/mol. The molecule has 1 rings (SSSR count). The molecule has 6 nitrogen and oxygen atoms in total. The summed E-state index contributed by atoms with van der Waals surface area (Å²) >= 11 is 5.80. The molecule has 1 aromatic heterocycles. The average molecular weight is 260 g/mol. The van der Waals surface area contributed by atoms with Crippen molar-refractivity contribution in [2.45, 2.75) is 19.8 Å². The van der Waals surface area contributed by atoms with Crippen molar-refractivity contribution in [2.24, 2.45) is 0 Å². The first kappa shape index (κ1) is 13.9. The summed E-state index contributed by atoms with van der Waals surface area (Å²) in [5, 5.41) is 6.32. The SMILES string of the molecule is CCCNc1nc(Cl)nc(NCCCOC)n1. The second-order valence-electron chi connectivity index (χ2n) is 3.45. The van der Waals surface area contributed by atoms with Crippen LogP contribution < -0.4 is 10.6 Å². The summed E-state index contributed by atoms with van der Waals surface area (Å²) < 4.78 is 4.95. The van der Waals surface area contributed by atoms with Gasteiger partial charge in [0.1, 0.15) is 0 Å². The Morgan fingerprint density at radius 1 is 1.12 bits per heavy atom. The number of hydrogen-bond donors (Lipinski definition) is 2. The van der Waals surface area contributed by atoms with Crippen molar-refractivity contribution in [1.29, 1.82) is 0 Å². The van der Waals surface area contributed by atoms with Gasteiger partial charge in [0.2, 0.25) is 17.2 Å². The molecule has 0 spiro atoms. The van der Waals surface area contributed by atoms with Crippen molar-refractivity contribution in [2.75, 3.05) is 37.4 Å². The fourth-order valence-corrected chi connectivity index (χ4v) is 1.32. The fourth-order valence-electron chi connectivity index (χ4n) is 1.16. The molecule has 0 aliphatic heterocycles. The van der Waals surface area contributed by atoms with E-state index in [1.165, 1.54) is 0 Å². The zero-order chi connectivity index (χ0) is 12.5. The molecule has 0 unspecified atom stereocenters. The summed E-state index contributed by atoms with van der Waals surface area (Å²) in [6.45, 7) is 4.32. The summed E-state index contributed by atoms with van der Waals surface area (Å²) in [5.74, 6) is 0.987. The van der Waals surface area contributed by atoms with Gasteiger partial charge in [0.05, 0.1) is 0 Å². The molecule has 0 bridgehead atoms. The van der Waals surface area contributed by atoms with Gasteiger partial charge in [0.25, 0.3) is 0 Å². The Morgan fingerprint density at radius 2 is 1.76 bits per heavy atom. The standard InChI is InChI=1S/C10H18ClN5O/c1-3-5-12-9-14-8(11)15-10(16-9)13-6-4-7-17-2/h3-7H2,1-2H3,(H2,12,13,14,15,16). The maximum absolute atomic E-state index is 5.80. The van der Waals surface area contributed by atoms with Crippen molar-refractivity contribution < 1.29 is 4.74 Å². The average Bonchev–Trinajstić information content (AvgIpc) is 2.31. The molecule has 96 valence electrons. The van der Waals surface area contributed by atoms with Gasteiger partial charge in [-0.2, -0.15) is 15.0 Å². The van der Waals surface area contributed by atoms with E-state index < -0.39 is 0 Å². The highest BCUT2D eigenvalue weighted by Gasteiger charge is 2.03. The van der Waals surface area contributed by atoms with Gasteiger partial charge in [-0.05, 0) is 24.4 Å². The van der Waals surface area contributed by atoms with Gasteiger partial charge in [0, 0.05) is 26.8 Å². The molecule has 0 fully saturated rings. The first-order valence-electron chi connectivity index (χ1n) is 5.64. The Balaban J connectivity index is 2.50. The zero-order valence-electron chi connectivity index (χ0n) is 10.2. The smallest absolute Gasteiger partial charge is 0.228 e. The van der Waals surface area contributed by atoms with Crippen LogP contribution in [0.25, 0.3) is 0 Å². The lowest BCUT2D eigenvalue weighted by Gasteiger charge is -2.07. The van der Waals surface area contributed by atoms with E-state index in [1.807, 2.05) is 0 Å². The Morgan fingerprint density at radius 3 is 2.35 bits per heavy atom. The molecule has 0 saturated carbocycles. The second kappa shape index (κ2) is 8.03. The molecule has 0 amide bonds. The molecule has 2 N–H and O–H groups in total. The molecule has 0 aromatic carbocycles. The van der Waals surface area contributed by atoms with Crippen LogP contribution in [0, 0.1) is 0 Å². The number of hydrogen-bond acceptors (Lipinski definition) is 6. The van der Waals surface area contributed by atoms with Gasteiger partial charge in [-0.3, -0.25) is 0 Å². The van der Waals surface area contributed by atoms with Gasteiger partial charge in [-0.15, -0.1) is 0 Å². The predicted molar refractivity (Wildman–Crippen MR) is 68.6 cm³/mol. The van der Waals surface area contributed by atoms with Crippen LogP contribution >= 0.6 is 11.6 Å². The molecule has 1 heterocycles. The highest BCUT2D eigenvalue weighted by molar-refractivity contribution is 6.28. The minimum absolute atomic E-state index is 0.188. The molecule has 17 heavy (non-hydrogen) atoms. The summed E-state index contributed by atoms with van der Waals surface area (Å²) in [4.78, 5) is 12.2. The number of anilines is 2. The van der Waals surface area contributed by atoms with Gasteiger partial charge in [-0.1, -0.05) is 6.92 Å². The van der Waals surface area contributed by atoms with Crippen molar-refractivity contribution in [3.63, 3.8) is 0 Å². The van der Waals surface area contributed by atoms with Crippen LogP contribution in [0.1, 0.15) is 19.8 Å². The summed E-state index contributed by atoms with van der Waals surface area (Å²) in [5.41, 5.74) is 0. The van der Waals surface area contributed by atoms with Crippen molar-refractivity contribution >= 4 is 23.5 Å². The number of methoxy groups -OCH3 is 1. The van der Waals surface area contributed by atoms with Gasteiger partial charge < -0.3 is 15.4 Å². The Kier molecular flexibility index (Phi) is 6.57. The van der Waals surface area contributed by atoms with Crippen LogP contribution in [0.5, 0.6) is 0 Å². The Bertz CT molecular complexity index is 336. The van der Waals surface area contributed by atoms with Crippen molar-refractivity contribution in [1.82, 2.24) is 15.0 Å². The number of rotatable bonds is 8. The number of nitrogens with zero attached hydrogens (tertiary/aromatic N) is 3. The lowest BCUT2D eigenvalue weighted by molar-refractivity contribution is 0.197. The summed E-state index contributed by atoms with van der Waals surface area (Å²) in [6, 6.07) is 0. The van der Waals surface area contributed by atoms with E-state index in [2.05, 4.69) is 32.5 Å². The van der Waals surface area contributed by atoms with E-state index in [0.717, 1.165) is 25.9 Å². The third kappa shape index (κ3) is 5.65. The molecule has 1 aromatic rings. The van der Waals surface area contributed by atoms with Gasteiger partial charge >= 0.3 is 0 Å². The third-order valence-electron chi connectivity index (χ3n) is 1.95. The van der Waals surface area contributed by atoms with E-state index in [-0.39, 0.29) is 5.28 Å². The largest absolute Gasteiger partial charge is 0.385 e. The zero-order valence-corrected chi connectivity index (χ0v) is 10.9. The Hall–Kier alpha value is -1.14. The molecule has 0 aliphatic rings. The summed E-state index contributed by atoms with van der Waals surface area (Å²) in [6.07, 6.45) is 1.89. The van der Waals surface area contributed by atoms with Crippen LogP contribution in [-0.2, 0) is 4.74 Å². The number of aromatic nitrogens is 3. The predicted octanol–water partition coefficient (Wildman–Crippen LogP) is 1.80. The van der Waals surface area contributed by atoms with Gasteiger partial charge in [0.15, 0.2) is 0 Å². The van der Waals surface area contributed by atoms with E-state index in [4.69, 9.17) is 16.3 Å². The monoisotopic (exact) mass is 259 g/mol. The normalized spacial score (nSPS) is 10.3. The van der Waals surface area contributed by atoms with Crippen LogP contribution in [0.3, 0.4) is 0 Å². The maximum atomic E-state index is 5.80. The van der Waals surface area contributed by atoms with E-state index in [1.54, 1.807) is 7.11 Å². The van der Waals surface area contributed by atoms with Gasteiger partial charge in [-0.25, -0.2) is 0 Å². The lowest BCUT2D eigenvalue weighted by Crippen LogP contribution is -2.11. The number of halogens is 1. The van der Waals surface area contributed by atoms with E-state index >= 15 is 0 Å². The number of nitrogens with one attached hydrogen (secondary N) is 2. The van der Waals surface area contributed by atoms with Crippen LogP contribution in [0.2, 0.25) is 5.28 Å². The molecule has 0 aliphatic carbocycles. The van der Waals surface area contributed by atoms with E-state index in [0.29, 0.717) is 18.5 Å². The minimum Gasteiger partial charge on any atom is -0.385 e. The number of ether oxygens (including phenoxy) is 1. The second-order valence-corrected chi connectivity index (χ2v) is 3.79. The minimum atomic E-state index is 0.188. The molecule has 0 atom stereocenters. The third-order valence-corrected chi connectivity index (χ3v) is 2.12. The topological polar surface area (TPSA) is 72.0 Å². The first-order valence-corrected chi connectivity index (χ1v) is 6.02. The molecule has 0 saturated heterocycles. The van der Waals surface area contributed by atoms with Crippen molar-refractivity contribution in [3.05, 3.63) is 5.28 Å². The van der Waals surface area contributed by atoms with E-state index in [9.17, 15) is 0 Å². The van der Waals surface area contributed by atoms with Crippen LogP contribution in [-0.4, -0.2) is 41.8 Å². The highest BCUT2D eigenvalue weighted by atomic mass is 35.5. The van der Waals surface area contributed by atoms with Crippen molar-refractivity contribution in [3.8, 4) is 0 Å². The lowest BCUT2D eigenvalue weighted by atomic mass is 10.4. The molecule has 7 heteroatoms. The van der Waals surface area contributed by atoms with Crippen LogP contribution in [0.15, 0.2) is 0 Å². The highest BCUT2D eigenvalue weighted by Crippen LogP contribution is 2.09. The summed E-state index contributed by atoms with van der Waals surface area (Å²) in [7, 11) is 1.67. The quantitative estimate of drug-likeness (QED) is 0.694. The fraction of sp³-hybridized carbons (Fsp3) is 0.700.